The Morgan fingerprint density at radius 3 is 2.47 bits per heavy atom. The van der Waals surface area contributed by atoms with Crippen LogP contribution in [0.5, 0.6) is 0 Å². The minimum atomic E-state index is -0.294. The molecule has 2 heterocycles. The summed E-state index contributed by atoms with van der Waals surface area (Å²) < 4.78 is 1.78. The largest absolute Gasteiger partial charge is 0.339 e. The highest BCUT2D eigenvalue weighted by atomic mass is 32.2. The maximum absolute atomic E-state index is 12.3. The minimum Gasteiger partial charge on any atom is -0.339 e. The fourth-order valence-corrected chi connectivity index (χ4v) is 3.75. The first-order chi connectivity index (χ1) is 14.4. The number of hydrazone groups is 1. The Morgan fingerprint density at radius 2 is 1.87 bits per heavy atom. The van der Waals surface area contributed by atoms with E-state index < -0.39 is 0 Å². The number of amides is 1. The van der Waals surface area contributed by atoms with Crippen LogP contribution >= 0.6 is 11.8 Å². The Bertz CT molecular complexity index is 1120. The molecule has 0 saturated carbocycles. The molecule has 3 aromatic rings. The molecule has 0 fully saturated rings. The maximum Gasteiger partial charge on any atom is 0.271 e. The molecule has 1 N–H and O–H groups in total. The van der Waals surface area contributed by atoms with Crippen molar-refractivity contribution in [1.82, 2.24) is 20.0 Å². The molecule has 0 aliphatic heterocycles. The molecule has 8 heteroatoms. The molecule has 2 aromatic heterocycles. The lowest BCUT2D eigenvalue weighted by Crippen LogP contribution is -2.17. The average Bonchev–Trinajstić information content (AvgIpc) is 3.00. The van der Waals surface area contributed by atoms with Crippen molar-refractivity contribution in [2.24, 2.45) is 12.1 Å². The van der Waals surface area contributed by atoms with Crippen LogP contribution in [0.2, 0.25) is 0 Å². The Labute approximate surface area is 179 Å². The molecule has 152 valence electrons. The Morgan fingerprint density at radius 1 is 1.20 bits per heavy atom. The third-order valence-corrected chi connectivity index (χ3v) is 5.52. The molecule has 0 bridgehead atoms. The van der Waals surface area contributed by atoms with Crippen LogP contribution in [0.1, 0.15) is 44.3 Å². The molecule has 3 rings (SSSR count). The molecule has 1 aromatic carbocycles. The number of carbonyl (C=O) groups is 1. The second-order valence-corrected chi connectivity index (χ2v) is 7.80. The molecule has 7 nitrogen and oxygen atoms in total. The van der Waals surface area contributed by atoms with Crippen LogP contribution in [0.15, 0.2) is 46.7 Å². The molecule has 0 atom stereocenters. The van der Waals surface area contributed by atoms with Crippen LogP contribution in [0.4, 0.5) is 0 Å². The van der Waals surface area contributed by atoms with Gasteiger partial charge in [0.1, 0.15) is 11.8 Å². The van der Waals surface area contributed by atoms with Crippen LogP contribution < -0.4 is 5.43 Å². The molecule has 0 unspecified atom stereocenters. The van der Waals surface area contributed by atoms with Crippen molar-refractivity contribution in [1.29, 1.82) is 5.26 Å². The number of hydrogen-bond donors (Lipinski definition) is 1. The SMILES string of the molecule is Cc1cc(C)nc(SCc2ccc(C(=O)N/N=C/c3cc(C#N)n(C)c3C)cc2)n1. The standard InChI is InChI=1S/C22H22N6OS/c1-14-9-15(2)26-22(25-14)30-13-17-5-7-18(8-6-17)21(29)27-24-12-19-10-20(11-23)28(4)16(19)3/h5-10,12H,13H2,1-4H3,(H,27,29)/b24-12+. The number of hydrogen-bond acceptors (Lipinski definition) is 6. The van der Waals surface area contributed by atoms with Crippen molar-refractivity contribution in [2.75, 3.05) is 0 Å². The molecule has 0 radical (unpaired) electrons. The molecule has 0 aliphatic carbocycles. The van der Waals surface area contributed by atoms with Gasteiger partial charge < -0.3 is 4.57 Å². The zero-order chi connectivity index (χ0) is 21.7. The van der Waals surface area contributed by atoms with Gasteiger partial charge in [0.25, 0.3) is 5.91 Å². The van der Waals surface area contributed by atoms with Gasteiger partial charge in [0, 0.05) is 41.0 Å². The fourth-order valence-electron chi connectivity index (χ4n) is 2.84. The number of aryl methyl sites for hydroxylation is 2. The monoisotopic (exact) mass is 418 g/mol. The van der Waals surface area contributed by atoms with Gasteiger partial charge in [-0.3, -0.25) is 4.79 Å². The number of thioether (sulfide) groups is 1. The number of nitriles is 1. The van der Waals surface area contributed by atoms with E-state index in [4.69, 9.17) is 5.26 Å². The Hall–Kier alpha value is -3.44. The fraction of sp³-hybridized carbons (Fsp3) is 0.227. The van der Waals surface area contributed by atoms with Gasteiger partial charge in [-0.25, -0.2) is 15.4 Å². The highest BCUT2D eigenvalue weighted by molar-refractivity contribution is 7.98. The smallest absolute Gasteiger partial charge is 0.271 e. The third-order valence-electron chi connectivity index (χ3n) is 4.60. The summed E-state index contributed by atoms with van der Waals surface area (Å²) >= 11 is 1.56. The number of benzene rings is 1. The number of nitrogens with one attached hydrogen (secondary N) is 1. The second-order valence-electron chi connectivity index (χ2n) is 6.86. The van der Waals surface area contributed by atoms with E-state index >= 15 is 0 Å². The zero-order valence-corrected chi connectivity index (χ0v) is 18.1. The van der Waals surface area contributed by atoms with E-state index in [1.54, 1.807) is 40.7 Å². The lowest BCUT2D eigenvalue weighted by Gasteiger charge is -2.05. The lowest BCUT2D eigenvalue weighted by molar-refractivity contribution is 0.0955. The summed E-state index contributed by atoms with van der Waals surface area (Å²) in [6.45, 7) is 5.80. The maximum atomic E-state index is 12.3. The third kappa shape index (κ3) is 5.13. The van der Waals surface area contributed by atoms with Crippen molar-refractivity contribution in [3.8, 4) is 6.07 Å². The van der Waals surface area contributed by atoms with E-state index in [0.29, 0.717) is 11.3 Å². The lowest BCUT2D eigenvalue weighted by atomic mass is 10.1. The summed E-state index contributed by atoms with van der Waals surface area (Å²) in [4.78, 5) is 21.2. The predicted octanol–water partition coefficient (Wildman–Crippen LogP) is 3.67. The van der Waals surface area contributed by atoms with Crippen molar-refractivity contribution in [3.05, 3.63) is 75.9 Å². The van der Waals surface area contributed by atoms with Crippen molar-refractivity contribution < 1.29 is 4.79 Å². The van der Waals surface area contributed by atoms with Gasteiger partial charge in [-0.2, -0.15) is 10.4 Å². The van der Waals surface area contributed by atoms with Crippen molar-refractivity contribution >= 4 is 23.9 Å². The number of aromatic nitrogens is 3. The second kappa shape index (κ2) is 9.37. The van der Waals surface area contributed by atoms with E-state index in [2.05, 4.69) is 26.6 Å². The van der Waals surface area contributed by atoms with E-state index in [0.717, 1.165) is 39.1 Å². The highest BCUT2D eigenvalue weighted by Gasteiger charge is 2.08. The van der Waals surface area contributed by atoms with Gasteiger partial charge in [-0.1, -0.05) is 23.9 Å². The van der Waals surface area contributed by atoms with Gasteiger partial charge in [-0.05, 0) is 50.6 Å². The first-order valence-electron chi connectivity index (χ1n) is 9.31. The average molecular weight is 419 g/mol. The number of rotatable bonds is 6. The topological polar surface area (TPSA) is 96.0 Å². The Kier molecular flexibility index (Phi) is 6.65. The van der Waals surface area contributed by atoms with E-state index in [1.807, 2.05) is 46.0 Å². The summed E-state index contributed by atoms with van der Waals surface area (Å²) in [5.41, 5.74) is 8.25. The van der Waals surface area contributed by atoms with Crippen LogP contribution in [0.25, 0.3) is 0 Å². The predicted molar refractivity (Wildman–Crippen MR) is 117 cm³/mol. The highest BCUT2D eigenvalue weighted by Crippen LogP contribution is 2.20. The summed E-state index contributed by atoms with van der Waals surface area (Å²) in [5, 5.41) is 13.8. The van der Waals surface area contributed by atoms with Crippen LogP contribution in [0, 0.1) is 32.1 Å². The quantitative estimate of drug-likeness (QED) is 0.285. The van der Waals surface area contributed by atoms with Crippen molar-refractivity contribution in [2.45, 2.75) is 31.7 Å². The molecule has 0 saturated heterocycles. The van der Waals surface area contributed by atoms with Gasteiger partial charge in [0.2, 0.25) is 0 Å². The molecule has 30 heavy (non-hydrogen) atoms. The molecular weight excluding hydrogens is 396 g/mol. The number of nitrogens with zero attached hydrogens (tertiary/aromatic N) is 5. The van der Waals surface area contributed by atoms with Gasteiger partial charge in [0.15, 0.2) is 5.16 Å². The van der Waals surface area contributed by atoms with Crippen LogP contribution in [0.3, 0.4) is 0 Å². The van der Waals surface area contributed by atoms with Gasteiger partial charge >= 0.3 is 0 Å². The summed E-state index contributed by atoms with van der Waals surface area (Å²) in [6, 6.07) is 13.2. The molecular formula is C22H22N6OS. The molecule has 0 aliphatic rings. The van der Waals surface area contributed by atoms with E-state index in [-0.39, 0.29) is 5.91 Å². The van der Waals surface area contributed by atoms with E-state index in [1.165, 1.54) is 0 Å². The van der Waals surface area contributed by atoms with Crippen LogP contribution in [-0.2, 0) is 12.8 Å². The molecule has 0 spiro atoms. The normalized spacial score (nSPS) is 10.9. The zero-order valence-electron chi connectivity index (χ0n) is 17.3. The summed E-state index contributed by atoms with van der Waals surface area (Å²) in [7, 11) is 1.82. The first kappa shape index (κ1) is 21.3. The van der Waals surface area contributed by atoms with Gasteiger partial charge in [0.05, 0.1) is 6.21 Å². The molecule has 1 amide bonds. The summed E-state index contributed by atoms with van der Waals surface area (Å²) in [6.07, 6.45) is 1.54. The summed E-state index contributed by atoms with van der Waals surface area (Å²) in [5.74, 6) is 0.425. The minimum absolute atomic E-state index is 0.294. The first-order valence-corrected chi connectivity index (χ1v) is 10.3. The van der Waals surface area contributed by atoms with E-state index in [9.17, 15) is 4.79 Å². The van der Waals surface area contributed by atoms with Crippen molar-refractivity contribution in [3.63, 3.8) is 0 Å². The van der Waals surface area contributed by atoms with Crippen LogP contribution in [-0.4, -0.2) is 26.7 Å². The number of carbonyl (C=O) groups excluding carboxylic acids is 1. The van der Waals surface area contributed by atoms with Gasteiger partial charge in [-0.15, -0.1) is 0 Å². The Balaban J connectivity index is 1.58.